The molecule has 1 aromatic rings. The van der Waals surface area contributed by atoms with Crippen LogP contribution in [0.1, 0.15) is 48.5 Å². The van der Waals surface area contributed by atoms with Gasteiger partial charge in [0.2, 0.25) is 0 Å². The zero-order valence-electron chi connectivity index (χ0n) is 11.1. The average molecular weight is 247 g/mol. The van der Waals surface area contributed by atoms with Gasteiger partial charge in [0.05, 0.1) is 5.56 Å². The number of carboxylic acid groups (broad SMARTS) is 1. The van der Waals surface area contributed by atoms with E-state index in [1.54, 1.807) is 6.07 Å². The second kappa shape index (κ2) is 5.42. The smallest absolute Gasteiger partial charge is 0.337 e. The van der Waals surface area contributed by atoms with Gasteiger partial charge in [-0.25, -0.2) is 4.79 Å². The van der Waals surface area contributed by atoms with Gasteiger partial charge in [-0.05, 0) is 44.7 Å². The Bertz CT molecular complexity index is 436. The van der Waals surface area contributed by atoms with Crippen molar-refractivity contribution in [3.63, 3.8) is 0 Å². The van der Waals surface area contributed by atoms with Gasteiger partial charge < -0.3 is 10.4 Å². The first-order valence-electron chi connectivity index (χ1n) is 6.68. The van der Waals surface area contributed by atoms with E-state index >= 15 is 0 Å². The molecule has 0 aromatic heterocycles. The minimum absolute atomic E-state index is 0.341. The second-order valence-electron chi connectivity index (χ2n) is 5.33. The fourth-order valence-corrected chi connectivity index (χ4v) is 2.78. The number of carboxylic acids is 1. The lowest BCUT2D eigenvalue weighted by Gasteiger charge is -2.22. The number of nitrogens with one attached hydrogen (secondary N) is 1. The van der Waals surface area contributed by atoms with Crippen molar-refractivity contribution in [1.82, 2.24) is 0 Å². The lowest BCUT2D eigenvalue weighted by molar-refractivity contribution is 0.0697. The van der Waals surface area contributed by atoms with Gasteiger partial charge in [0.25, 0.3) is 0 Å². The second-order valence-corrected chi connectivity index (χ2v) is 5.33. The summed E-state index contributed by atoms with van der Waals surface area (Å²) in [6, 6.07) is 5.90. The van der Waals surface area contributed by atoms with E-state index in [1.807, 2.05) is 19.1 Å². The number of carbonyl (C=O) groups is 1. The van der Waals surface area contributed by atoms with Gasteiger partial charge >= 0.3 is 5.97 Å². The zero-order chi connectivity index (χ0) is 13.1. The molecule has 0 bridgehead atoms. The van der Waals surface area contributed by atoms with Crippen molar-refractivity contribution in [2.24, 2.45) is 5.92 Å². The molecule has 2 N–H and O–H groups in total. The first-order valence-corrected chi connectivity index (χ1v) is 6.68. The van der Waals surface area contributed by atoms with Crippen molar-refractivity contribution < 1.29 is 9.90 Å². The predicted molar refractivity (Wildman–Crippen MR) is 73.2 cm³/mol. The van der Waals surface area contributed by atoms with E-state index in [9.17, 15) is 9.90 Å². The first kappa shape index (κ1) is 12.9. The lowest BCUT2D eigenvalue weighted by Crippen LogP contribution is -2.24. The summed E-state index contributed by atoms with van der Waals surface area (Å²) in [6.45, 7) is 4.07. The summed E-state index contributed by atoms with van der Waals surface area (Å²) in [5, 5.41) is 12.6. The molecule has 1 unspecified atom stereocenters. The Balaban J connectivity index is 2.15. The molecule has 98 valence electrons. The van der Waals surface area contributed by atoms with Crippen LogP contribution in [0.25, 0.3) is 0 Å². The molecule has 1 fully saturated rings. The number of benzene rings is 1. The Kier molecular flexibility index (Phi) is 3.90. The topological polar surface area (TPSA) is 49.3 Å². The molecule has 0 radical (unpaired) electrons. The SMILES string of the molecule is Cc1ccc(NC(C)C2CCCC2)c(C(=O)O)c1. The van der Waals surface area contributed by atoms with E-state index < -0.39 is 5.97 Å². The van der Waals surface area contributed by atoms with Crippen LogP contribution in [0.3, 0.4) is 0 Å². The predicted octanol–water partition coefficient (Wildman–Crippen LogP) is 3.68. The summed E-state index contributed by atoms with van der Waals surface area (Å²) in [7, 11) is 0. The molecule has 2 rings (SSSR count). The Morgan fingerprint density at radius 2 is 2.06 bits per heavy atom. The maximum Gasteiger partial charge on any atom is 0.337 e. The van der Waals surface area contributed by atoms with E-state index in [0.29, 0.717) is 17.5 Å². The monoisotopic (exact) mass is 247 g/mol. The third-order valence-corrected chi connectivity index (χ3v) is 3.90. The molecule has 1 saturated carbocycles. The Hall–Kier alpha value is -1.51. The average Bonchev–Trinajstić information content (AvgIpc) is 2.84. The van der Waals surface area contributed by atoms with Gasteiger partial charge in [0.15, 0.2) is 0 Å². The molecule has 18 heavy (non-hydrogen) atoms. The van der Waals surface area contributed by atoms with Crippen molar-refractivity contribution in [3.05, 3.63) is 29.3 Å². The first-order chi connectivity index (χ1) is 8.58. The number of hydrogen-bond acceptors (Lipinski definition) is 2. The molecule has 3 nitrogen and oxygen atoms in total. The molecule has 0 spiro atoms. The van der Waals surface area contributed by atoms with Gasteiger partial charge in [-0.3, -0.25) is 0 Å². The van der Waals surface area contributed by atoms with Crippen LogP contribution >= 0.6 is 0 Å². The molecule has 3 heteroatoms. The summed E-state index contributed by atoms with van der Waals surface area (Å²) in [5.74, 6) is -0.187. The Labute approximate surface area is 108 Å². The van der Waals surface area contributed by atoms with Crippen LogP contribution in [0.15, 0.2) is 18.2 Å². The van der Waals surface area contributed by atoms with Gasteiger partial charge in [0.1, 0.15) is 0 Å². The zero-order valence-corrected chi connectivity index (χ0v) is 11.1. The molecule has 1 aromatic carbocycles. The molecule has 0 heterocycles. The summed E-state index contributed by atoms with van der Waals surface area (Å²) in [4.78, 5) is 11.2. The molecular weight excluding hydrogens is 226 g/mol. The standard InChI is InChI=1S/C15H21NO2/c1-10-7-8-14(13(9-10)15(17)18)16-11(2)12-5-3-4-6-12/h7-9,11-12,16H,3-6H2,1-2H3,(H,17,18). The van der Waals surface area contributed by atoms with Crippen LogP contribution in [0, 0.1) is 12.8 Å². The van der Waals surface area contributed by atoms with Gasteiger partial charge in [0, 0.05) is 11.7 Å². The molecule has 0 saturated heterocycles. The van der Waals surface area contributed by atoms with Gasteiger partial charge in [-0.15, -0.1) is 0 Å². The van der Waals surface area contributed by atoms with E-state index in [1.165, 1.54) is 25.7 Å². The quantitative estimate of drug-likeness (QED) is 0.853. The minimum atomic E-state index is -0.861. The van der Waals surface area contributed by atoms with Gasteiger partial charge in [-0.1, -0.05) is 24.5 Å². The summed E-state index contributed by atoms with van der Waals surface area (Å²) >= 11 is 0. The number of aryl methyl sites for hydroxylation is 1. The third kappa shape index (κ3) is 2.84. The molecule has 1 aliphatic rings. The fraction of sp³-hybridized carbons (Fsp3) is 0.533. The maximum absolute atomic E-state index is 11.2. The van der Waals surface area contributed by atoms with Crippen LogP contribution in [0.2, 0.25) is 0 Å². The van der Waals surface area contributed by atoms with Crippen LogP contribution in [0.4, 0.5) is 5.69 Å². The van der Waals surface area contributed by atoms with E-state index in [-0.39, 0.29) is 0 Å². The van der Waals surface area contributed by atoms with Crippen LogP contribution in [-0.4, -0.2) is 17.1 Å². The minimum Gasteiger partial charge on any atom is -0.478 e. The van der Waals surface area contributed by atoms with Gasteiger partial charge in [-0.2, -0.15) is 0 Å². The van der Waals surface area contributed by atoms with Crippen LogP contribution in [0.5, 0.6) is 0 Å². The number of rotatable bonds is 4. The van der Waals surface area contributed by atoms with Crippen molar-refractivity contribution in [1.29, 1.82) is 0 Å². The highest BCUT2D eigenvalue weighted by molar-refractivity contribution is 5.94. The summed E-state index contributed by atoms with van der Waals surface area (Å²) < 4.78 is 0. The van der Waals surface area contributed by atoms with Crippen molar-refractivity contribution in [2.45, 2.75) is 45.6 Å². The molecule has 1 atom stereocenters. The molecule has 1 aliphatic carbocycles. The van der Waals surface area contributed by atoms with Crippen molar-refractivity contribution in [2.75, 3.05) is 5.32 Å². The largest absolute Gasteiger partial charge is 0.478 e. The van der Waals surface area contributed by atoms with E-state index in [4.69, 9.17) is 0 Å². The van der Waals surface area contributed by atoms with Crippen molar-refractivity contribution >= 4 is 11.7 Å². The summed E-state index contributed by atoms with van der Waals surface area (Å²) in [5.41, 5.74) is 2.10. The fourth-order valence-electron chi connectivity index (χ4n) is 2.78. The highest BCUT2D eigenvalue weighted by Crippen LogP contribution is 2.30. The molecule has 0 aliphatic heterocycles. The van der Waals surface area contributed by atoms with E-state index in [2.05, 4.69) is 12.2 Å². The van der Waals surface area contributed by atoms with Crippen LogP contribution < -0.4 is 5.32 Å². The highest BCUT2D eigenvalue weighted by atomic mass is 16.4. The number of hydrogen-bond donors (Lipinski definition) is 2. The van der Waals surface area contributed by atoms with Crippen molar-refractivity contribution in [3.8, 4) is 0 Å². The maximum atomic E-state index is 11.2. The summed E-state index contributed by atoms with van der Waals surface area (Å²) in [6.07, 6.45) is 5.11. The van der Waals surface area contributed by atoms with E-state index in [0.717, 1.165) is 11.3 Å². The molecular formula is C15H21NO2. The van der Waals surface area contributed by atoms with Crippen LogP contribution in [-0.2, 0) is 0 Å². The Morgan fingerprint density at radius 1 is 1.39 bits per heavy atom. The molecule has 0 amide bonds. The normalized spacial score (nSPS) is 17.7. The highest BCUT2D eigenvalue weighted by Gasteiger charge is 2.22. The number of aromatic carboxylic acids is 1. The third-order valence-electron chi connectivity index (χ3n) is 3.90. The number of anilines is 1. The lowest BCUT2D eigenvalue weighted by atomic mass is 9.99. The Morgan fingerprint density at radius 3 is 2.67 bits per heavy atom.